The number of halogens is 1. The molecule has 0 saturated carbocycles. The van der Waals surface area contributed by atoms with Gasteiger partial charge >= 0.3 is 0 Å². The molecule has 10 heteroatoms. The Balaban J connectivity index is 1.61. The lowest BCUT2D eigenvalue weighted by atomic mass is 9.79. The van der Waals surface area contributed by atoms with Crippen LogP contribution in [0.25, 0.3) is 10.1 Å². The minimum absolute atomic E-state index is 0.266. The number of hydrogen-bond acceptors (Lipinski definition) is 6. The number of benzene rings is 2. The number of fused-ring (bicyclic) bond motifs is 1. The van der Waals surface area contributed by atoms with Crippen molar-refractivity contribution in [3.63, 3.8) is 0 Å². The maximum Gasteiger partial charge on any atom is 0.265 e. The van der Waals surface area contributed by atoms with Gasteiger partial charge in [0.05, 0.1) is 18.2 Å². The van der Waals surface area contributed by atoms with E-state index in [0.717, 1.165) is 32.5 Å². The summed E-state index contributed by atoms with van der Waals surface area (Å²) in [6, 6.07) is 14.5. The maximum atomic E-state index is 13.0. The molecule has 0 aliphatic rings. The Kier molecular flexibility index (Phi) is 6.65. The molecule has 0 atom stereocenters. The van der Waals surface area contributed by atoms with Gasteiger partial charge in [0.2, 0.25) is 10.0 Å². The van der Waals surface area contributed by atoms with Crippen LogP contribution in [0.3, 0.4) is 0 Å². The highest BCUT2D eigenvalue weighted by Gasteiger charge is 2.28. The molecule has 178 valence electrons. The van der Waals surface area contributed by atoms with Crippen molar-refractivity contribution in [2.75, 3.05) is 23.4 Å². The maximum absolute atomic E-state index is 13.0. The van der Waals surface area contributed by atoms with E-state index in [2.05, 4.69) is 23.9 Å². The highest BCUT2D eigenvalue weighted by molar-refractivity contribution is 7.92. The fourth-order valence-electron chi connectivity index (χ4n) is 3.72. The molecule has 0 unspecified atom stereocenters. The van der Waals surface area contributed by atoms with Crippen LogP contribution in [0.5, 0.6) is 5.06 Å². The average Bonchev–Trinajstić information content (AvgIpc) is 3.39. The van der Waals surface area contributed by atoms with E-state index in [9.17, 15) is 13.2 Å². The first-order valence-electron chi connectivity index (χ1n) is 10.2. The van der Waals surface area contributed by atoms with Gasteiger partial charge in [0.1, 0.15) is 0 Å². The quantitative estimate of drug-likeness (QED) is 0.280. The SMILES string of the molecule is COc1sccc1C(C)(C)c1cc(Cl)cc(NC(=O)c2cc3cc(NS(C)(=O)=O)ccc3s2)c1. The van der Waals surface area contributed by atoms with E-state index in [1.807, 2.05) is 23.6 Å². The summed E-state index contributed by atoms with van der Waals surface area (Å²) in [6.07, 6.45) is 1.10. The Morgan fingerprint density at radius 3 is 2.53 bits per heavy atom. The minimum atomic E-state index is -3.38. The number of methoxy groups -OCH3 is 1. The molecule has 2 heterocycles. The smallest absolute Gasteiger partial charge is 0.265 e. The Labute approximate surface area is 211 Å². The molecular weight excluding hydrogens is 512 g/mol. The molecule has 0 bridgehead atoms. The molecule has 0 saturated heterocycles. The number of anilines is 2. The van der Waals surface area contributed by atoms with Gasteiger partial charge < -0.3 is 10.1 Å². The van der Waals surface area contributed by atoms with Crippen LogP contribution in [-0.4, -0.2) is 27.7 Å². The van der Waals surface area contributed by atoms with Crippen molar-refractivity contribution in [1.29, 1.82) is 0 Å². The van der Waals surface area contributed by atoms with E-state index in [1.54, 1.807) is 37.4 Å². The summed E-state index contributed by atoms with van der Waals surface area (Å²) in [5.41, 5.74) is 2.63. The van der Waals surface area contributed by atoms with E-state index < -0.39 is 15.4 Å². The molecule has 0 radical (unpaired) electrons. The Morgan fingerprint density at radius 2 is 1.82 bits per heavy atom. The second-order valence-electron chi connectivity index (χ2n) is 8.37. The molecule has 4 aromatic rings. The Bertz CT molecular complexity index is 1490. The normalized spacial score (nSPS) is 12.0. The second-order valence-corrected chi connectivity index (χ2v) is 12.5. The average molecular weight is 535 g/mol. The first-order valence-corrected chi connectivity index (χ1v) is 14.2. The van der Waals surface area contributed by atoms with E-state index in [4.69, 9.17) is 16.3 Å². The number of ether oxygens (including phenoxy) is 1. The molecule has 0 fully saturated rings. The lowest BCUT2D eigenvalue weighted by molar-refractivity contribution is 0.103. The van der Waals surface area contributed by atoms with Crippen LogP contribution in [0.15, 0.2) is 53.9 Å². The van der Waals surface area contributed by atoms with Crippen LogP contribution in [-0.2, 0) is 15.4 Å². The monoisotopic (exact) mass is 534 g/mol. The fraction of sp³-hybridized carbons (Fsp3) is 0.208. The summed E-state index contributed by atoms with van der Waals surface area (Å²) in [4.78, 5) is 13.5. The highest BCUT2D eigenvalue weighted by Crippen LogP contribution is 2.42. The molecule has 2 aromatic carbocycles. The van der Waals surface area contributed by atoms with Crippen LogP contribution >= 0.6 is 34.3 Å². The second kappa shape index (κ2) is 9.22. The summed E-state index contributed by atoms with van der Waals surface area (Å²) in [5.74, 6) is -0.266. The molecular formula is C24H23ClN2O4S3. The van der Waals surface area contributed by atoms with Crippen LogP contribution in [0.4, 0.5) is 11.4 Å². The number of rotatable bonds is 7. The van der Waals surface area contributed by atoms with Gasteiger partial charge in [-0.3, -0.25) is 9.52 Å². The topological polar surface area (TPSA) is 84.5 Å². The number of amides is 1. The van der Waals surface area contributed by atoms with Gasteiger partial charge in [-0.05, 0) is 64.9 Å². The van der Waals surface area contributed by atoms with Gasteiger partial charge in [-0.15, -0.1) is 22.7 Å². The zero-order valence-corrected chi connectivity index (χ0v) is 22.1. The van der Waals surface area contributed by atoms with Gasteiger partial charge in [0.25, 0.3) is 5.91 Å². The molecule has 1 amide bonds. The largest absolute Gasteiger partial charge is 0.487 e. The third-order valence-electron chi connectivity index (χ3n) is 5.41. The van der Waals surface area contributed by atoms with Gasteiger partial charge in [0, 0.05) is 32.1 Å². The minimum Gasteiger partial charge on any atom is -0.487 e. The molecule has 4 rings (SSSR count). The van der Waals surface area contributed by atoms with Crippen molar-refractivity contribution in [3.05, 3.63) is 74.9 Å². The van der Waals surface area contributed by atoms with Crippen molar-refractivity contribution in [2.45, 2.75) is 19.3 Å². The number of hydrogen-bond donors (Lipinski definition) is 2. The van der Waals surface area contributed by atoms with Crippen molar-refractivity contribution in [3.8, 4) is 5.06 Å². The fourth-order valence-corrected chi connectivity index (χ4v) is 6.32. The third kappa shape index (κ3) is 5.22. The van der Waals surface area contributed by atoms with Crippen molar-refractivity contribution >= 4 is 71.7 Å². The molecule has 2 aromatic heterocycles. The van der Waals surface area contributed by atoms with Crippen LogP contribution in [0, 0.1) is 0 Å². The number of carbonyl (C=O) groups excluding carboxylic acids is 1. The first kappa shape index (κ1) is 24.5. The molecule has 0 aliphatic heterocycles. The highest BCUT2D eigenvalue weighted by atomic mass is 35.5. The summed E-state index contributed by atoms with van der Waals surface area (Å²) < 4.78 is 31.8. The van der Waals surface area contributed by atoms with E-state index in [-0.39, 0.29) is 5.91 Å². The molecule has 2 N–H and O–H groups in total. The van der Waals surface area contributed by atoms with E-state index in [1.165, 1.54) is 22.7 Å². The number of nitrogens with one attached hydrogen (secondary N) is 2. The molecule has 0 spiro atoms. The van der Waals surface area contributed by atoms with Crippen molar-refractivity contribution in [2.24, 2.45) is 0 Å². The van der Waals surface area contributed by atoms with Gasteiger partial charge in [-0.2, -0.15) is 0 Å². The third-order valence-corrected chi connectivity index (χ3v) is 8.22. The number of thiophene rings is 2. The lowest BCUT2D eigenvalue weighted by Gasteiger charge is -2.26. The molecule has 6 nitrogen and oxygen atoms in total. The van der Waals surface area contributed by atoms with Crippen LogP contribution in [0.2, 0.25) is 5.02 Å². The molecule has 34 heavy (non-hydrogen) atoms. The van der Waals surface area contributed by atoms with E-state index in [0.29, 0.717) is 21.3 Å². The predicted octanol–water partition coefficient (Wildman–Crippen LogP) is 6.57. The van der Waals surface area contributed by atoms with Gasteiger partial charge in [0.15, 0.2) is 5.06 Å². The Hall–Kier alpha value is -2.59. The zero-order valence-electron chi connectivity index (χ0n) is 18.9. The summed E-state index contributed by atoms with van der Waals surface area (Å²) in [6.45, 7) is 4.17. The number of carbonyl (C=O) groups is 1. The number of sulfonamides is 1. The van der Waals surface area contributed by atoms with Crippen LogP contribution in [0.1, 0.15) is 34.6 Å². The van der Waals surface area contributed by atoms with Gasteiger partial charge in [-0.25, -0.2) is 8.42 Å². The van der Waals surface area contributed by atoms with Crippen LogP contribution < -0.4 is 14.8 Å². The summed E-state index contributed by atoms with van der Waals surface area (Å²) in [7, 11) is -1.73. The Morgan fingerprint density at radius 1 is 1.06 bits per heavy atom. The van der Waals surface area contributed by atoms with Gasteiger partial charge in [-0.1, -0.05) is 25.4 Å². The van der Waals surface area contributed by atoms with Crippen molar-refractivity contribution < 1.29 is 17.9 Å². The zero-order chi connectivity index (χ0) is 24.7. The lowest BCUT2D eigenvalue weighted by Crippen LogP contribution is -2.19. The summed E-state index contributed by atoms with van der Waals surface area (Å²) in [5, 5.41) is 7.07. The predicted molar refractivity (Wildman–Crippen MR) is 143 cm³/mol. The van der Waals surface area contributed by atoms with Crippen molar-refractivity contribution in [1.82, 2.24) is 0 Å². The molecule has 0 aliphatic carbocycles. The summed E-state index contributed by atoms with van der Waals surface area (Å²) >= 11 is 9.28. The first-order chi connectivity index (χ1) is 16.0. The standard InChI is InChI=1S/C24H23ClN2O4S3/c1-24(2,19-7-8-32-23(19)31-3)15-11-16(25)13-18(12-15)26-22(28)21-10-14-9-17(27-34(4,29)30)5-6-20(14)33-21/h5-13,27H,1-4H3,(H,26,28). The van der Waals surface area contributed by atoms with E-state index >= 15 is 0 Å².